The molecule has 0 saturated heterocycles. The first-order chi connectivity index (χ1) is 10.9. The Balaban J connectivity index is 2.27. The summed E-state index contributed by atoms with van der Waals surface area (Å²) in [5, 5.41) is 10.3. The molecule has 0 saturated carbocycles. The summed E-state index contributed by atoms with van der Waals surface area (Å²) in [5.74, 6) is -0.668. The van der Waals surface area contributed by atoms with Gasteiger partial charge in [-0.2, -0.15) is 0 Å². The average Bonchev–Trinajstić information content (AvgIpc) is 2.53. The number of ketones is 2. The van der Waals surface area contributed by atoms with Gasteiger partial charge in [-0.25, -0.2) is 0 Å². The van der Waals surface area contributed by atoms with Crippen molar-refractivity contribution >= 4 is 11.6 Å². The molecule has 3 heteroatoms. The van der Waals surface area contributed by atoms with Gasteiger partial charge in [-0.15, -0.1) is 0 Å². The number of carbonyl (C=O) groups is 2. The molecule has 1 aromatic rings. The van der Waals surface area contributed by atoms with E-state index < -0.39 is 11.3 Å². The van der Waals surface area contributed by atoms with Crippen LogP contribution in [0.2, 0.25) is 0 Å². The van der Waals surface area contributed by atoms with Crippen LogP contribution in [-0.2, 0) is 9.59 Å². The van der Waals surface area contributed by atoms with Crippen LogP contribution >= 0.6 is 0 Å². The van der Waals surface area contributed by atoms with Gasteiger partial charge in [0.2, 0.25) is 0 Å². The Bertz CT molecular complexity index is 769. The lowest BCUT2D eigenvalue weighted by Crippen LogP contribution is -2.49. The second kappa shape index (κ2) is 5.34. The number of phenols is 1. The first-order valence-electron chi connectivity index (χ1n) is 7.78. The van der Waals surface area contributed by atoms with Gasteiger partial charge in [0.15, 0.2) is 11.6 Å². The zero-order chi connectivity index (χ0) is 16.8. The van der Waals surface area contributed by atoms with Gasteiger partial charge in [0.1, 0.15) is 5.75 Å². The van der Waals surface area contributed by atoms with Crippen molar-refractivity contribution in [1.29, 1.82) is 0 Å². The van der Waals surface area contributed by atoms with E-state index in [0.717, 1.165) is 5.57 Å². The van der Waals surface area contributed by atoms with Crippen LogP contribution in [0, 0.1) is 11.3 Å². The third-order valence-electron chi connectivity index (χ3n) is 5.28. The molecule has 0 bridgehead atoms. The third kappa shape index (κ3) is 2.11. The number of phenolic OH excluding ortho intramolecular Hbond substituents is 1. The van der Waals surface area contributed by atoms with E-state index in [2.05, 4.69) is 6.58 Å². The lowest BCUT2D eigenvalue weighted by molar-refractivity contribution is -0.137. The number of carbonyl (C=O) groups excluding carboxylic acids is 2. The fourth-order valence-electron chi connectivity index (χ4n) is 4.10. The number of aromatic hydroxyl groups is 1. The van der Waals surface area contributed by atoms with Crippen molar-refractivity contribution in [2.24, 2.45) is 11.3 Å². The topological polar surface area (TPSA) is 54.4 Å². The predicted octanol–water partition coefficient (Wildman–Crippen LogP) is 3.71. The molecule has 0 spiro atoms. The Kier molecular flexibility index (Phi) is 3.59. The van der Waals surface area contributed by atoms with E-state index in [-0.39, 0.29) is 23.2 Å². The summed E-state index contributed by atoms with van der Waals surface area (Å²) in [7, 11) is 0. The maximum Gasteiger partial charge on any atom is 0.166 e. The Morgan fingerprint density at radius 3 is 2.65 bits per heavy atom. The molecule has 0 aromatic heterocycles. The minimum absolute atomic E-state index is 0.00983. The number of allylic oxidation sites excluding steroid dienone is 5. The first kappa shape index (κ1) is 15.5. The van der Waals surface area contributed by atoms with Crippen LogP contribution in [0.15, 0.2) is 60.2 Å². The predicted molar refractivity (Wildman–Crippen MR) is 89.1 cm³/mol. The van der Waals surface area contributed by atoms with Gasteiger partial charge in [0.25, 0.3) is 0 Å². The third-order valence-corrected chi connectivity index (χ3v) is 5.28. The van der Waals surface area contributed by atoms with Gasteiger partial charge in [0, 0.05) is 17.4 Å². The fraction of sp³-hybridized carbons (Fsp3) is 0.300. The molecule has 118 valence electrons. The van der Waals surface area contributed by atoms with Crippen molar-refractivity contribution in [2.75, 3.05) is 0 Å². The van der Waals surface area contributed by atoms with Crippen LogP contribution in [0.4, 0.5) is 0 Å². The van der Waals surface area contributed by atoms with Gasteiger partial charge < -0.3 is 5.11 Å². The van der Waals surface area contributed by atoms with Gasteiger partial charge in [-0.1, -0.05) is 43.9 Å². The maximum atomic E-state index is 13.0. The van der Waals surface area contributed by atoms with Crippen molar-refractivity contribution < 1.29 is 14.7 Å². The number of Topliss-reactive ketones (excluding diaryl/α,β-unsaturated/α-hetero) is 1. The monoisotopic (exact) mass is 308 g/mol. The molecule has 3 atom stereocenters. The highest BCUT2D eigenvalue weighted by Crippen LogP contribution is 2.56. The van der Waals surface area contributed by atoms with Crippen molar-refractivity contribution in [2.45, 2.75) is 26.2 Å². The van der Waals surface area contributed by atoms with E-state index in [4.69, 9.17) is 0 Å². The van der Waals surface area contributed by atoms with Gasteiger partial charge in [-0.3, -0.25) is 9.59 Å². The summed E-state index contributed by atoms with van der Waals surface area (Å²) < 4.78 is 0. The molecule has 0 aliphatic heterocycles. The summed E-state index contributed by atoms with van der Waals surface area (Å²) in [6.07, 6.45) is 5.68. The van der Waals surface area contributed by atoms with Crippen molar-refractivity contribution in [3.8, 4) is 5.75 Å². The second-order valence-corrected chi connectivity index (χ2v) is 6.53. The number of rotatable bonds is 2. The Labute approximate surface area is 136 Å². The molecule has 0 unspecified atom stereocenters. The molecule has 2 aliphatic rings. The van der Waals surface area contributed by atoms with Gasteiger partial charge in [-0.05, 0) is 36.6 Å². The average molecular weight is 308 g/mol. The van der Waals surface area contributed by atoms with E-state index in [1.165, 1.54) is 6.08 Å². The molecular weight excluding hydrogens is 288 g/mol. The van der Waals surface area contributed by atoms with Gasteiger partial charge >= 0.3 is 0 Å². The molecule has 1 N–H and O–H groups in total. The van der Waals surface area contributed by atoms with Gasteiger partial charge in [0.05, 0.1) is 5.41 Å². The summed E-state index contributed by atoms with van der Waals surface area (Å²) in [6, 6.07) is 7.01. The molecule has 0 radical (unpaired) electrons. The SMILES string of the molecule is C=CC1=CC[C@H]2C(=O)C=C(C)C(=O)[C@@]2(C)[C@H]1c1ccccc1O. The summed E-state index contributed by atoms with van der Waals surface area (Å²) in [4.78, 5) is 25.5. The van der Waals surface area contributed by atoms with Crippen LogP contribution < -0.4 is 0 Å². The highest BCUT2D eigenvalue weighted by atomic mass is 16.3. The standard InChI is InChI=1S/C20H20O3/c1-4-13-9-10-15-17(22)11-12(2)19(23)20(15,3)18(13)14-7-5-6-8-16(14)21/h4-9,11,15,18,21H,1,10H2,2-3H3/t15-,18+,20+/m0/s1. The van der Waals surface area contributed by atoms with Crippen LogP contribution in [0.1, 0.15) is 31.7 Å². The van der Waals surface area contributed by atoms with Crippen LogP contribution in [0.5, 0.6) is 5.75 Å². The van der Waals surface area contributed by atoms with E-state index >= 15 is 0 Å². The highest BCUT2D eigenvalue weighted by Gasteiger charge is 2.55. The minimum atomic E-state index is -0.896. The molecule has 0 fully saturated rings. The lowest BCUT2D eigenvalue weighted by Gasteiger charge is -2.47. The maximum absolute atomic E-state index is 13.0. The van der Waals surface area contributed by atoms with E-state index in [1.54, 1.807) is 25.1 Å². The van der Waals surface area contributed by atoms with E-state index in [9.17, 15) is 14.7 Å². The van der Waals surface area contributed by atoms with Crippen molar-refractivity contribution in [3.63, 3.8) is 0 Å². The summed E-state index contributed by atoms with van der Waals surface area (Å²) in [5.41, 5.74) is 1.15. The summed E-state index contributed by atoms with van der Waals surface area (Å²) >= 11 is 0. The van der Waals surface area contributed by atoms with E-state index in [1.807, 2.05) is 25.1 Å². The molecular formula is C20H20O3. The normalized spacial score (nSPS) is 30.3. The van der Waals surface area contributed by atoms with Crippen LogP contribution in [0.3, 0.4) is 0 Å². The molecule has 3 rings (SSSR count). The summed E-state index contributed by atoms with van der Waals surface area (Å²) in [6.45, 7) is 7.40. The molecule has 1 aromatic carbocycles. The minimum Gasteiger partial charge on any atom is -0.508 e. The number of hydrogen-bond acceptors (Lipinski definition) is 3. The molecule has 23 heavy (non-hydrogen) atoms. The second-order valence-electron chi connectivity index (χ2n) is 6.53. The number of hydrogen-bond donors (Lipinski definition) is 1. The zero-order valence-corrected chi connectivity index (χ0v) is 13.4. The quantitative estimate of drug-likeness (QED) is 0.906. The Hall–Kier alpha value is -2.42. The van der Waals surface area contributed by atoms with Crippen molar-refractivity contribution in [3.05, 3.63) is 65.8 Å². The van der Waals surface area contributed by atoms with E-state index in [0.29, 0.717) is 17.6 Å². The fourth-order valence-corrected chi connectivity index (χ4v) is 4.10. The largest absolute Gasteiger partial charge is 0.508 e. The number of para-hydroxylation sites is 1. The van der Waals surface area contributed by atoms with Crippen molar-refractivity contribution in [1.82, 2.24) is 0 Å². The molecule has 2 aliphatic carbocycles. The highest BCUT2D eigenvalue weighted by molar-refractivity contribution is 6.13. The smallest absolute Gasteiger partial charge is 0.166 e. The van der Waals surface area contributed by atoms with Crippen LogP contribution in [0.25, 0.3) is 0 Å². The number of fused-ring (bicyclic) bond motifs is 1. The number of benzene rings is 1. The lowest BCUT2D eigenvalue weighted by atomic mass is 9.53. The first-order valence-corrected chi connectivity index (χ1v) is 7.78. The Morgan fingerprint density at radius 2 is 2.00 bits per heavy atom. The zero-order valence-electron chi connectivity index (χ0n) is 13.4. The molecule has 0 amide bonds. The molecule has 3 nitrogen and oxygen atoms in total. The molecule has 0 heterocycles. The Morgan fingerprint density at radius 1 is 1.30 bits per heavy atom. The van der Waals surface area contributed by atoms with Crippen LogP contribution in [-0.4, -0.2) is 16.7 Å².